The van der Waals surface area contributed by atoms with E-state index in [4.69, 9.17) is 9.47 Å². The predicted octanol–water partition coefficient (Wildman–Crippen LogP) is 4.25. The number of benzene rings is 2. The van der Waals surface area contributed by atoms with Gasteiger partial charge in [-0.1, -0.05) is 15.9 Å². The number of carbonyl (C=O) groups excluding carboxylic acids is 1. The minimum atomic E-state index is -0.195. The largest absolute Gasteiger partial charge is 0.490 e. The van der Waals surface area contributed by atoms with Crippen molar-refractivity contribution >= 4 is 27.5 Å². The van der Waals surface area contributed by atoms with Crippen LogP contribution in [-0.2, 0) is 4.79 Å². The third kappa shape index (κ3) is 5.97. The molecule has 3 rings (SSSR count). The molecule has 27 heavy (non-hydrogen) atoms. The van der Waals surface area contributed by atoms with Crippen molar-refractivity contribution in [3.05, 3.63) is 52.5 Å². The molecule has 5 nitrogen and oxygen atoms in total. The normalized spacial score (nSPS) is 15.4. The van der Waals surface area contributed by atoms with Gasteiger partial charge in [-0.15, -0.1) is 0 Å². The van der Waals surface area contributed by atoms with Gasteiger partial charge in [-0.2, -0.15) is 0 Å². The summed E-state index contributed by atoms with van der Waals surface area (Å²) >= 11 is 3.45. The van der Waals surface area contributed by atoms with Crippen LogP contribution in [0.3, 0.4) is 0 Å². The fraction of sp³-hybridized carbons (Fsp3) is 0.381. The second-order valence-corrected chi connectivity index (χ2v) is 7.75. The minimum Gasteiger partial charge on any atom is -0.490 e. The molecule has 1 fully saturated rings. The Bertz CT molecular complexity index is 771. The number of carbonyl (C=O) groups is 1. The number of anilines is 1. The Balaban J connectivity index is 1.46. The third-order valence-electron chi connectivity index (χ3n) is 4.61. The molecule has 1 heterocycles. The summed E-state index contributed by atoms with van der Waals surface area (Å²) in [6.45, 7) is 4.08. The van der Waals surface area contributed by atoms with E-state index in [-0.39, 0.29) is 18.6 Å². The summed E-state index contributed by atoms with van der Waals surface area (Å²) in [5.41, 5.74) is 1.79. The van der Waals surface area contributed by atoms with Crippen molar-refractivity contribution in [3.63, 3.8) is 0 Å². The second kappa shape index (κ2) is 9.24. The van der Waals surface area contributed by atoms with Crippen molar-refractivity contribution in [2.75, 3.05) is 32.1 Å². The number of rotatable bonds is 6. The van der Waals surface area contributed by atoms with E-state index in [0.717, 1.165) is 47.4 Å². The molecule has 2 aromatic carbocycles. The molecule has 0 bridgehead atoms. The van der Waals surface area contributed by atoms with Gasteiger partial charge in [0.25, 0.3) is 5.91 Å². The molecule has 1 N–H and O–H groups in total. The van der Waals surface area contributed by atoms with Crippen molar-refractivity contribution in [1.29, 1.82) is 0 Å². The Hall–Kier alpha value is -2.05. The molecule has 1 saturated heterocycles. The van der Waals surface area contributed by atoms with Crippen molar-refractivity contribution in [3.8, 4) is 11.5 Å². The maximum atomic E-state index is 12.1. The molecule has 1 aliphatic rings. The molecule has 0 atom stereocenters. The van der Waals surface area contributed by atoms with E-state index in [1.165, 1.54) is 0 Å². The van der Waals surface area contributed by atoms with Gasteiger partial charge in [0.15, 0.2) is 6.61 Å². The topological polar surface area (TPSA) is 50.8 Å². The van der Waals surface area contributed by atoms with Crippen LogP contribution >= 0.6 is 15.9 Å². The van der Waals surface area contributed by atoms with E-state index in [1.54, 1.807) is 0 Å². The summed E-state index contributed by atoms with van der Waals surface area (Å²) in [7, 11) is 2.13. The average molecular weight is 433 g/mol. The molecule has 0 aromatic heterocycles. The zero-order valence-electron chi connectivity index (χ0n) is 15.7. The van der Waals surface area contributed by atoms with Gasteiger partial charge in [0.1, 0.15) is 17.6 Å². The molecule has 6 heteroatoms. The molecule has 1 aliphatic heterocycles. The standard InChI is InChI=1S/C21H25BrN2O3/c1-15-13-19(7-8-20(15)22)26-14-21(25)23-16-3-5-17(6-4-16)27-18-9-11-24(2)12-10-18/h3-8,13,18H,9-12,14H2,1-2H3,(H,23,25). The SMILES string of the molecule is Cc1cc(OCC(=O)Nc2ccc(OC3CCN(C)CC3)cc2)ccc1Br. The maximum Gasteiger partial charge on any atom is 0.262 e. The number of likely N-dealkylation sites (tertiary alicyclic amines) is 1. The summed E-state index contributed by atoms with van der Waals surface area (Å²) in [5, 5.41) is 2.84. The van der Waals surface area contributed by atoms with Crippen LogP contribution < -0.4 is 14.8 Å². The quantitative estimate of drug-likeness (QED) is 0.740. The Morgan fingerprint density at radius 1 is 1.15 bits per heavy atom. The van der Waals surface area contributed by atoms with Gasteiger partial charge in [-0.3, -0.25) is 4.79 Å². The van der Waals surface area contributed by atoms with Crippen molar-refractivity contribution in [2.45, 2.75) is 25.9 Å². The lowest BCUT2D eigenvalue weighted by Gasteiger charge is -2.29. The van der Waals surface area contributed by atoms with Crippen LogP contribution in [0.2, 0.25) is 0 Å². The lowest BCUT2D eigenvalue weighted by molar-refractivity contribution is -0.118. The Kier molecular flexibility index (Phi) is 6.74. The Morgan fingerprint density at radius 2 is 1.81 bits per heavy atom. The third-order valence-corrected chi connectivity index (χ3v) is 5.50. The van der Waals surface area contributed by atoms with E-state index in [0.29, 0.717) is 5.75 Å². The van der Waals surface area contributed by atoms with Crippen LogP contribution in [0, 0.1) is 6.92 Å². The zero-order chi connectivity index (χ0) is 19.2. The van der Waals surface area contributed by atoms with E-state index >= 15 is 0 Å². The summed E-state index contributed by atoms with van der Waals surface area (Å²) < 4.78 is 12.6. The first-order chi connectivity index (χ1) is 13.0. The molecule has 0 spiro atoms. The first kappa shape index (κ1) is 19.7. The minimum absolute atomic E-state index is 0.0328. The molecule has 0 radical (unpaired) electrons. The van der Waals surface area contributed by atoms with Gasteiger partial charge >= 0.3 is 0 Å². The highest BCUT2D eigenvalue weighted by atomic mass is 79.9. The number of piperidine rings is 1. The fourth-order valence-corrected chi connectivity index (χ4v) is 3.21. The molecule has 1 amide bonds. The van der Waals surface area contributed by atoms with Crippen molar-refractivity contribution in [2.24, 2.45) is 0 Å². The molecule has 144 valence electrons. The van der Waals surface area contributed by atoms with Crippen LogP contribution in [0.4, 0.5) is 5.69 Å². The van der Waals surface area contributed by atoms with Crippen LogP contribution in [0.15, 0.2) is 46.9 Å². The number of nitrogens with one attached hydrogen (secondary N) is 1. The fourth-order valence-electron chi connectivity index (χ4n) is 2.96. The average Bonchev–Trinajstić information content (AvgIpc) is 2.66. The molecular weight excluding hydrogens is 408 g/mol. The highest BCUT2D eigenvalue weighted by Gasteiger charge is 2.17. The molecule has 0 aliphatic carbocycles. The molecule has 0 saturated carbocycles. The van der Waals surface area contributed by atoms with Crippen LogP contribution in [0.5, 0.6) is 11.5 Å². The lowest BCUT2D eigenvalue weighted by Crippen LogP contribution is -2.35. The first-order valence-electron chi connectivity index (χ1n) is 9.13. The molecule has 2 aromatic rings. The molecular formula is C21H25BrN2O3. The second-order valence-electron chi connectivity index (χ2n) is 6.89. The highest BCUT2D eigenvalue weighted by molar-refractivity contribution is 9.10. The van der Waals surface area contributed by atoms with E-state index in [9.17, 15) is 4.79 Å². The van der Waals surface area contributed by atoms with Gasteiger partial charge in [0.2, 0.25) is 0 Å². The van der Waals surface area contributed by atoms with Gasteiger partial charge in [0.05, 0.1) is 0 Å². The first-order valence-corrected chi connectivity index (χ1v) is 9.93. The number of amides is 1. The molecule has 0 unspecified atom stereocenters. The van der Waals surface area contributed by atoms with Gasteiger partial charge < -0.3 is 19.7 Å². The van der Waals surface area contributed by atoms with Gasteiger partial charge in [0, 0.05) is 23.2 Å². The van der Waals surface area contributed by atoms with Crippen LogP contribution in [0.1, 0.15) is 18.4 Å². The summed E-state index contributed by atoms with van der Waals surface area (Å²) in [4.78, 5) is 14.4. The predicted molar refractivity (Wildman–Crippen MR) is 111 cm³/mol. The summed E-state index contributed by atoms with van der Waals surface area (Å²) in [6, 6.07) is 13.1. The van der Waals surface area contributed by atoms with E-state index in [2.05, 4.69) is 33.2 Å². The number of hydrogen-bond donors (Lipinski definition) is 1. The van der Waals surface area contributed by atoms with Gasteiger partial charge in [-0.05, 0) is 74.8 Å². The van der Waals surface area contributed by atoms with E-state index < -0.39 is 0 Å². The number of nitrogens with zero attached hydrogens (tertiary/aromatic N) is 1. The van der Waals surface area contributed by atoms with Crippen LogP contribution in [-0.4, -0.2) is 43.7 Å². The van der Waals surface area contributed by atoms with Gasteiger partial charge in [-0.25, -0.2) is 0 Å². The maximum absolute atomic E-state index is 12.1. The Morgan fingerprint density at radius 3 is 2.48 bits per heavy atom. The number of aryl methyl sites for hydroxylation is 1. The smallest absolute Gasteiger partial charge is 0.262 e. The van der Waals surface area contributed by atoms with Crippen LogP contribution in [0.25, 0.3) is 0 Å². The highest BCUT2D eigenvalue weighted by Crippen LogP contribution is 2.22. The Labute approximate surface area is 168 Å². The summed E-state index contributed by atoms with van der Waals surface area (Å²) in [6.07, 6.45) is 2.35. The number of hydrogen-bond acceptors (Lipinski definition) is 4. The monoisotopic (exact) mass is 432 g/mol. The van der Waals surface area contributed by atoms with E-state index in [1.807, 2.05) is 49.4 Å². The number of ether oxygens (including phenoxy) is 2. The van der Waals surface area contributed by atoms with Crippen molar-refractivity contribution < 1.29 is 14.3 Å². The summed E-state index contributed by atoms with van der Waals surface area (Å²) in [5.74, 6) is 1.32. The number of halogens is 1. The van der Waals surface area contributed by atoms with Crippen molar-refractivity contribution in [1.82, 2.24) is 4.90 Å². The lowest BCUT2D eigenvalue weighted by atomic mass is 10.1. The zero-order valence-corrected chi connectivity index (χ0v) is 17.3.